The Balaban J connectivity index is 2.25. The van der Waals surface area contributed by atoms with Crippen molar-refractivity contribution in [3.63, 3.8) is 0 Å². The highest BCUT2D eigenvalue weighted by atomic mass is 19.1. The van der Waals surface area contributed by atoms with Crippen LogP contribution < -0.4 is 5.32 Å². The predicted molar refractivity (Wildman–Crippen MR) is 83.7 cm³/mol. The van der Waals surface area contributed by atoms with Gasteiger partial charge in [-0.1, -0.05) is 32.0 Å². The van der Waals surface area contributed by atoms with Crippen molar-refractivity contribution < 1.29 is 4.39 Å². The molecule has 1 atom stereocenters. The third-order valence-electron chi connectivity index (χ3n) is 3.71. The Hall–Kier alpha value is -1.68. The van der Waals surface area contributed by atoms with E-state index in [1.165, 1.54) is 6.07 Å². The van der Waals surface area contributed by atoms with Crippen LogP contribution in [0.1, 0.15) is 43.3 Å². The maximum absolute atomic E-state index is 13.9. The van der Waals surface area contributed by atoms with Crippen LogP contribution in [0.4, 0.5) is 4.39 Å². The van der Waals surface area contributed by atoms with Crippen LogP contribution in [-0.4, -0.2) is 16.3 Å². The maximum Gasteiger partial charge on any atom is 0.126 e. The second-order valence-electron chi connectivity index (χ2n) is 5.34. The molecule has 0 bridgehead atoms. The van der Waals surface area contributed by atoms with E-state index in [1.54, 1.807) is 6.07 Å². The molecule has 0 radical (unpaired) electrons. The first kappa shape index (κ1) is 15.7. The summed E-state index contributed by atoms with van der Waals surface area (Å²) in [6.07, 6.45) is 2.59. The van der Waals surface area contributed by atoms with E-state index >= 15 is 0 Å². The van der Waals surface area contributed by atoms with Gasteiger partial charge >= 0.3 is 0 Å². The molecular weight excluding hydrogens is 265 g/mol. The van der Waals surface area contributed by atoms with Crippen LogP contribution in [0.2, 0.25) is 0 Å². The summed E-state index contributed by atoms with van der Waals surface area (Å²) in [6, 6.07) is 9.19. The number of rotatable bonds is 7. The topological polar surface area (TPSA) is 29.9 Å². The third kappa shape index (κ3) is 3.91. The van der Waals surface area contributed by atoms with Crippen molar-refractivity contribution in [1.29, 1.82) is 0 Å². The van der Waals surface area contributed by atoms with Gasteiger partial charge in [0, 0.05) is 7.05 Å². The first-order valence-corrected chi connectivity index (χ1v) is 7.65. The summed E-state index contributed by atoms with van der Waals surface area (Å²) >= 11 is 0. The Bertz CT molecular complexity index is 577. The van der Waals surface area contributed by atoms with Crippen molar-refractivity contribution >= 4 is 0 Å². The summed E-state index contributed by atoms with van der Waals surface area (Å²) in [5.74, 6) is -0.140. The van der Waals surface area contributed by atoms with Crippen LogP contribution in [0.25, 0.3) is 0 Å². The van der Waals surface area contributed by atoms with Gasteiger partial charge in [-0.05, 0) is 43.5 Å². The lowest BCUT2D eigenvalue weighted by Crippen LogP contribution is -2.26. The van der Waals surface area contributed by atoms with Crippen LogP contribution in [0.15, 0.2) is 30.3 Å². The van der Waals surface area contributed by atoms with Crippen molar-refractivity contribution in [3.8, 4) is 0 Å². The highest BCUT2D eigenvalue weighted by Gasteiger charge is 2.18. The summed E-state index contributed by atoms with van der Waals surface area (Å²) in [7, 11) is 1.95. The van der Waals surface area contributed by atoms with Gasteiger partial charge in [0.15, 0.2) is 0 Å². The van der Waals surface area contributed by atoms with E-state index < -0.39 is 0 Å². The lowest BCUT2D eigenvalue weighted by Gasteiger charge is -2.19. The Kier molecular flexibility index (Phi) is 5.51. The SMILES string of the molecule is CCCNC(Cc1ccccc1F)c1cc(CC)nn1C. The van der Waals surface area contributed by atoms with Gasteiger partial charge in [0.1, 0.15) is 5.82 Å². The second kappa shape index (κ2) is 7.36. The average molecular weight is 289 g/mol. The van der Waals surface area contributed by atoms with Crippen molar-refractivity contribution in [2.24, 2.45) is 7.05 Å². The number of nitrogens with one attached hydrogen (secondary N) is 1. The molecule has 1 aromatic heterocycles. The Labute approximate surface area is 126 Å². The molecule has 1 heterocycles. The summed E-state index contributed by atoms with van der Waals surface area (Å²) in [6.45, 7) is 5.14. The Morgan fingerprint density at radius 3 is 2.67 bits per heavy atom. The Morgan fingerprint density at radius 1 is 1.29 bits per heavy atom. The van der Waals surface area contributed by atoms with Crippen LogP contribution in [-0.2, 0) is 19.9 Å². The van der Waals surface area contributed by atoms with Gasteiger partial charge in [0.05, 0.1) is 17.4 Å². The molecule has 1 N–H and O–H groups in total. The highest BCUT2D eigenvalue weighted by Crippen LogP contribution is 2.21. The van der Waals surface area contributed by atoms with Crippen LogP contribution >= 0.6 is 0 Å². The minimum Gasteiger partial charge on any atom is -0.308 e. The van der Waals surface area contributed by atoms with E-state index in [0.717, 1.165) is 36.3 Å². The molecule has 21 heavy (non-hydrogen) atoms. The first-order valence-electron chi connectivity index (χ1n) is 7.65. The first-order chi connectivity index (χ1) is 10.2. The molecule has 0 saturated carbocycles. The number of hydrogen-bond acceptors (Lipinski definition) is 2. The molecule has 0 fully saturated rings. The van der Waals surface area contributed by atoms with E-state index in [1.807, 2.05) is 23.9 Å². The molecule has 4 heteroatoms. The summed E-state index contributed by atoms with van der Waals surface area (Å²) in [5.41, 5.74) is 2.93. The van der Waals surface area contributed by atoms with Crippen LogP contribution in [0, 0.1) is 5.82 Å². The maximum atomic E-state index is 13.9. The van der Waals surface area contributed by atoms with Crippen molar-refractivity contribution in [2.45, 2.75) is 39.2 Å². The van der Waals surface area contributed by atoms with Crippen molar-refractivity contribution in [2.75, 3.05) is 6.54 Å². The van der Waals surface area contributed by atoms with Gasteiger partial charge in [-0.3, -0.25) is 4.68 Å². The zero-order chi connectivity index (χ0) is 15.2. The van der Waals surface area contributed by atoms with Crippen molar-refractivity contribution in [3.05, 3.63) is 53.1 Å². The lowest BCUT2D eigenvalue weighted by molar-refractivity contribution is 0.482. The fourth-order valence-corrected chi connectivity index (χ4v) is 2.53. The van der Waals surface area contributed by atoms with Gasteiger partial charge in [0.2, 0.25) is 0 Å². The number of aryl methyl sites for hydroxylation is 2. The molecular formula is C17H24FN3. The van der Waals surface area contributed by atoms with Gasteiger partial charge < -0.3 is 5.32 Å². The van der Waals surface area contributed by atoms with Gasteiger partial charge in [-0.2, -0.15) is 5.10 Å². The van der Waals surface area contributed by atoms with E-state index in [9.17, 15) is 4.39 Å². The Morgan fingerprint density at radius 2 is 2.05 bits per heavy atom. The monoisotopic (exact) mass is 289 g/mol. The van der Waals surface area contributed by atoms with Crippen LogP contribution in [0.5, 0.6) is 0 Å². The lowest BCUT2D eigenvalue weighted by atomic mass is 10.0. The minimum atomic E-state index is -0.140. The molecule has 0 aliphatic carbocycles. The number of aromatic nitrogens is 2. The quantitative estimate of drug-likeness (QED) is 0.846. The van der Waals surface area contributed by atoms with E-state index in [0.29, 0.717) is 6.42 Å². The smallest absolute Gasteiger partial charge is 0.126 e. The molecule has 1 unspecified atom stereocenters. The molecule has 0 aliphatic rings. The van der Waals surface area contributed by atoms with Gasteiger partial charge in [0.25, 0.3) is 0 Å². The number of nitrogens with zero attached hydrogens (tertiary/aromatic N) is 2. The largest absolute Gasteiger partial charge is 0.308 e. The number of hydrogen-bond donors (Lipinski definition) is 1. The molecule has 2 aromatic rings. The summed E-state index contributed by atoms with van der Waals surface area (Å²) < 4.78 is 15.8. The fraction of sp³-hybridized carbons (Fsp3) is 0.471. The minimum absolute atomic E-state index is 0.0830. The molecule has 2 rings (SSSR count). The van der Waals surface area contributed by atoms with E-state index in [4.69, 9.17) is 0 Å². The average Bonchev–Trinajstić information content (AvgIpc) is 2.86. The normalized spacial score (nSPS) is 12.6. The van der Waals surface area contributed by atoms with Crippen molar-refractivity contribution in [1.82, 2.24) is 15.1 Å². The number of benzene rings is 1. The van der Waals surface area contributed by atoms with Gasteiger partial charge in [-0.25, -0.2) is 4.39 Å². The summed E-state index contributed by atoms with van der Waals surface area (Å²) in [4.78, 5) is 0. The van der Waals surface area contributed by atoms with E-state index in [-0.39, 0.29) is 11.9 Å². The van der Waals surface area contributed by atoms with Crippen LogP contribution in [0.3, 0.4) is 0 Å². The standard InChI is InChI=1S/C17H24FN3/c1-4-10-19-16(11-13-8-6-7-9-15(13)18)17-12-14(5-2)20-21(17)3/h6-9,12,16,19H,4-5,10-11H2,1-3H3. The molecule has 0 aliphatic heterocycles. The predicted octanol–water partition coefficient (Wildman–Crippen LogP) is 3.41. The molecule has 0 amide bonds. The van der Waals surface area contributed by atoms with Gasteiger partial charge in [-0.15, -0.1) is 0 Å². The molecule has 114 valence electrons. The zero-order valence-corrected chi connectivity index (χ0v) is 13.1. The molecule has 3 nitrogen and oxygen atoms in total. The second-order valence-corrected chi connectivity index (χ2v) is 5.34. The highest BCUT2D eigenvalue weighted by molar-refractivity contribution is 5.22. The number of halogens is 1. The summed E-state index contributed by atoms with van der Waals surface area (Å²) in [5, 5.41) is 8.02. The van der Waals surface area contributed by atoms with E-state index in [2.05, 4.69) is 30.3 Å². The molecule has 1 aromatic carbocycles. The molecule has 0 spiro atoms. The third-order valence-corrected chi connectivity index (χ3v) is 3.71. The molecule has 0 saturated heterocycles. The zero-order valence-electron chi connectivity index (χ0n) is 13.1. The fourth-order valence-electron chi connectivity index (χ4n) is 2.53.